The molecule has 0 spiro atoms. The Bertz CT molecular complexity index is 412. The van der Waals surface area contributed by atoms with Crippen molar-refractivity contribution in [2.75, 3.05) is 11.9 Å². The van der Waals surface area contributed by atoms with E-state index in [1.54, 1.807) is 6.92 Å². The zero-order chi connectivity index (χ0) is 12.8. The smallest absolute Gasteiger partial charge is 0.332 e. The third-order valence-electron chi connectivity index (χ3n) is 2.34. The van der Waals surface area contributed by atoms with Crippen LogP contribution >= 0.6 is 0 Å². The van der Waals surface area contributed by atoms with Gasteiger partial charge in [0.15, 0.2) is 0 Å². The Kier molecular flexibility index (Phi) is 4.76. The molecule has 1 rings (SSSR count). The molecule has 0 aliphatic carbocycles. The Morgan fingerprint density at radius 1 is 1.53 bits per heavy atom. The molecule has 1 unspecified atom stereocenters. The van der Waals surface area contributed by atoms with Crippen molar-refractivity contribution in [2.24, 2.45) is 0 Å². The van der Waals surface area contributed by atoms with Crippen LogP contribution in [0.3, 0.4) is 0 Å². The second-order valence-corrected chi connectivity index (χ2v) is 4.05. The van der Waals surface area contributed by atoms with Gasteiger partial charge >= 0.3 is 5.97 Å². The first kappa shape index (κ1) is 13.3. The number of anilines is 1. The highest BCUT2D eigenvalue weighted by atomic mass is 16.5. The van der Waals surface area contributed by atoms with Crippen LogP contribution in [0.1, 0.15) is 19.4 Å². The van der Waals surface area contributed by atoms with Crippen molar-refractivity contribution in [1.82, 2.24) is 0 Å². The summed E-state index contributed by atoms with van der Waals surface area (Å²) in [4.78, 5) is 11.7. The van der Waals surface area contributed by atoms with Gasteiger partial charge < -0.3 is 10.1 Å². The van der Waals surface area contributed by atoms with E-state index in [1.807, 2.05) is 38.1 Å². The summed E-state index contributed by atoms with van der Waals surface area (Å²) in [6.45, 7) is 9.79. The van der Waals surface area contributed by atoms with Gasteiger partial charge in [0.05, 0.1) is 6.61 Å². The van der Waals surface area contributed by atoms with E-state index in [4.69, 9.17) is 4.74 Å². The molecular formula is C14H19NO2. The van der Waals surface area contributed by atoms with Gasteiger partial charge in [-0.3, -0.25) is 0 Å². The van der Waals surface area contributed by atoms with Crippen molar-refractivity contribution >= 4 is 11.7 Å². The third-order valence-corrected chi connectivity index (χ3v) is 2.34. The Morgan fingerprint density at radius 2 is 2.24 bits per heavy atom. The lowest BCUT2D eigenvalue weighted by molar-refractivity contribution is -0.143. The molecule has 0 amide bonds. The molecule has 3 nitrogen and oxygen atoms in total. The van der Waals surface area contributed by atoms with Gasteiger partial charge in [-0.25, -0.2) is 4.79 Å². The number of carbonyl (C=O) groups excluding carboxylic acids is 1. The number of hydrogen-bond acceptors (Lipinski definition) is 3. The van der Waals surface area contributed by atoms with Crippen molar-refractivity contribution in [3.8, 4) is 0 Å². The number of carbonyl (C=O) groups is 1. The topological polar surface area (TPSA) is 38.3 Å². The number of benzene rings is 1. The summed E-state index contributed by atoms with van der Waals surface area (Å²) in [5, 5.41) is 3.13. The first-order valence-electron chi connectivity index (χ1n) is 5.69. The Labute approximate surface area is 102 Å². The predicted octanol–water partition coefficient (Wildman–Crippen LogP) is 2.91. The Balaban J connectivity index is 2.80. The zero-order valence-corrected chi connectivity index (χ0v) is 10.6. The van der Waals surface area contributed by atoms with E-state index in [9.17, 15) is 4.79 Å². The highest BCUT2D eigenvalue weighted by Crippen LogP contribution is 2.14. The van der Waals surface area contributed by atoms with Gasteiger partial charge in [-0.2, -0.15) is 0 Å². The minimum atomic E-state index is -0.489. The van der Waals surface area contributed by atoms with Crippen LogP contribution in [0.25, 0.3) is 0 Å². The molecule has 0 saturated heterocycles. The molecule has 3 heteroatoms. The summed E-state index contributed by atoms with van der Waals surface area (Å²) in [5.41, 5.74) is 2.77. The minimum Gasteiger partial charge on any atom is -0.464 e. The number of rotatable bonds is 5. The minimum absolute atomic E-state index is 0.290. The fourth-order valence-corrected chi connectivity index (χ4v) is 1.51. The summed E-state index contributed by atoms with van der Waals surface area (Å²) < 4.78 is 5.01. The van der Waals surface area contributed by atoms with E-state index in [0.29, 0.717) is 6.61 Å². The van der Waals surface area contributed by atoms with Crippen LogP contribution in [0, 0.1) is 6.92 Å². The Hall–Kier alpha value is -1.77. The fraction of sp³-hybridized carbons (Fsp3) is 0.357. The zero-order valence-electron chi connectivity index (χ0n) is 10.6. The quantitative estimate of drug-likeness (QED) is 0.627. The second-order valence-electron chi connectivity index (χ2n) is 4.05. The van der Waals surface area contributed by atoms with Crippen LogP contribution in [-0.2, 0) is 9.53 Å². The largest absolute Gasteiger partial charge is 0.464 e. The van der Waals surface area contributed by atoms with Gasteiger partial charge in [-0.15, -0.1) is 0 Å². The molecule has 0 aliphatic heterocycles. The van der Waals surface area contributed by atoms with Gasteiger partial charge in [-0.05, 0) is 44.0 Å². The molecule has 1 aromatic carbocycles. The molecule has 0 aromatic heterocycles. The van der Waals surface area contributed by atoms with Crippen LogP contribution in [0.2, 0.25) is 0 Å². The molecule has 1 aromatic rings. The van der Waals surface area contributed by atoms with Crippen LogP contribution in [0.5, 0.6) is 0 Å². The molecule has 0 bridgehead atoms. The summed E-state index contributed by atoms with van der Waals surface area (Å²) in [6, 6.07) is 7.36. The van der Waals surface area contributed by atoms with Crippen molar-refractivity contribution in [2.45, 2.75) is 26.8 Å². The van der Waals surface area contributed by atoms with E-state index in [1.165, 1.54) is 0 Å². The summed E-state index contributed by atoms with van der Waals surface area (Å²) >= 11 is 0. The molecule has 0 fully saturated rings. The van der Waals surface area contributed by atoms with E-state index < -0.39 is 6.04 Å². The molecule has 0 aliphatic rings. The lowest BCUT2D eigenvalue weighted by Crippen LogP contribution is -2.32. The van der Waals surface area contributed by atoms with Crippen molar-refractivity contribution < 1.29 is 9.53 Å². The third kappa shape index (κ3) is 3.94. The maximum atomic E-state index is 11.7. The van der Waals surface area contributed by atoms with E-state index in [-0.39, 0.29) is 5.97 Å². The lowest BCUT2D eigenvalue weighted by atomic mass is 10.1. The first-order valence-corrected chi connectivity index (χ1v) is 5.69. The number of esters is 1. The van der Waals surface area contributed by atoms with Crippen LogP contribution in [0.15, 0.2) is 36.4 Å². The van der Waals surface area contributed by atoms with Crippen molar-refractivity contribution in [1.29, 1.82) is 0 Å². The van der Waals surface area contributed by atoms with Gasteiger partial charge in [0.25, 0.3) is 0 Å². The molecule has 92 valence electrons. The van der Waals surface area contributed by atoms with Gasteiger partial charge in [0.1, 0.15) is 6.04 Å². The average Bonchev–Trinajstić information content (AvgIpc) is 2.26. The van der Waals surface area contributed by atoms with Crippen molar-refractivity contribution in [3.05, 3.63) is 42.0 Å². The van der Waals surface area contributed by atoms with E-state index >= 15 is 0 Å². The number of nitrogens with one attached hydrogen (secondary N) is 1. The Morgan fingerprint density at radius 3 is 2.76 bits per heavy atom. The summed E-state index contributed by atoms with van der Waals surface area (Å²) in [5.74, 6) is -0.290. The van der Waals surface area contributed by atoms with Gasteiger partial charge in [0.2, 0.25) is 0 Å². The lowest BCUT2D eigenvalue weighted by Gasteiger charge is -2.18. The monoisotopic (exact) mass is 233 g/mol. The number of aryl methyl sites for hydroxylation is 1. The highest BCUT2D eigenvalue weighted by molar-refractivity contribution is 5.82. The van der Waals surface area contributed by atoms with Crippen LogP contribution in [0.4, 0.5) is 5.69 Å². The number of hydrogen-bond donors (Lipinski definition) is 1. The predicted molar refractivity (Wildman–Crippen MR) is 70.0 cm³/mol. The van der Waals surface area contributed by atoms with E-state index in [2.05, 4.69) is 11.9 Å². The number of ether oxygens (including phenoxy) is 1. The molecule has 0 saturated carbocycles. The molecule has 0 radical (unpaired) electrons. The van der Waals surface area contributed by atoms with Gasteiger partial charge in [-0.1, -0.05) is 18.7 Å². The average molecular weight is 233 g/mol. The maximum absolute atomic E-state index is 11.7. The molecule has 1 N–H and O–H groups in total. The normalized spacial score (nSPS) is 11.7. The van der Waals surface area contributed by atoms with Crippen molar-refractivity contribution in [3.63, 3.8) is 0 Å². The molecule has 17 heavy (non-hydrogen) atoms. The fourth-order valence-electron chi connectivity index (χ4n) is 1.51. The van der Waals surface area contributed by atoms with Crippen LogP contribution in [-0.4, -0.2) is 18.6 Å². The summed E-state index contributed by atoms with van der Waals surface area (Å²) in [7, 11) is 0. The molecule has 0 heterocycles. The highest BCUT2D eigenvalue weighted by Gasteiger charge is 2.20. The van der Waals surface area contributed by atoms with Crippen LogP contribution < -0.4 is 5.32 Å². The van der Waals surface area contributed by atoms with Gasteiger partial charge in [0, 0.05) is 5.69 Å². The first-order chi connectivity index (χ1) is 8.04. The molecule has 1 atom stereocenters. The molecular weight excluding hydrogens is 214 g/mol. The standard InChI is InChI=1S/C14H19NO2/c1-5-17-14(16)13(10(2)3)15-12-8-6-7-11(4)9-12/h6-9,13,15H,2,5H2,1,3-4H3. The summed E-state index contributed by atoms with van der Waals surface area (Å²) in [6.07, 6.45) is 0. The SMILES string of the molecule is C=C(C)C(Nc1cccc(C)c1)C(=O)OCC. The van der Waals surface area contributed by atoms with E-state index in [0.717, 1.165) is 16.8 Å². The maximum Gasteiger partial charge on any atom is 0.332 e. The second kappa shape index (κ2) is 6.09.